The highest BCUT2D eigenvalue weighted by atomic mass is 19.3. The third-order valence-electron chi connectivity index (χ3n) is 3.66. The van der Waals surface area contributed by atoms with E-state index < -0.39 is 29.9 Å². The molecule has 0 saturated heterocycles. The van der Waals surface area contributed by atoms with Gasteiger partial charge in [0, 0.05) is 26.1 Å². The first-order valence-electron chi connectivity index (χ1n) is 6.16. The van der Waals surface area contributed by atoms with Crippen LogP contribution in [0.4, 0.5) is 13.6 Å². The van der Waals surface area contributed by atoms with Crippen LogP contribution in [0.25, 0.3) is 0 Å². The molecule has 0 spiro atoms. The van der Waals surface area contributed by atoms with Crippen LogP contribution in [0.15, 0.2) is 11.8 Å². The molecule has 5 nitrogen and oxygen atoms in total. The van der Waals surface area contributed by atoms with Gasteiger partial charge in [0.15, 0.2) is 0 Å². The molecule has 2 N–H and O–H groups in total. The van der Waals surface area contributed by atoms with Crippen LogP contribution >= 0.6 is 0 Å². The number of carbonyl (C=O) groups is 2. The van der Waals surface area contributed by atoms with Gasteiger partial charge in [0.2, 0.25) is 5.92 Å². The molecule has 0 radical (unpaired) electrons. The summed E-state index contributed by atoms with van der Waals surface area (Å²) in [6, 6.07) is -1.31. The Bertz CT molecular complexity index is 437. The number of rotatable bonds is 2. The first kappa shape index (κ1) is 13.8. The van der Waals surface area contributed by atoms with E-state index in [-0.39, 0.29) is 18.4 Å². The number of carboxylic acid groups (broad SMARTS) is 1. The minimum absolute atomic E-state index is 0.0372. The zero-order valence-electron chi connectivity index (χ0n) is 10.5. The summed E-state index contributed by atoms with van der Waals surface area (Å²) in [5.74, 6) is -4.50. The number of amides is 2. The fraction of sp³-hybridized carbons (Fsp3) is 0.667. The van der Waals surface area contributed by atoms with Crippen molar-refractivity contribution in [1.29, 1.82) is 0 Å². The van der Waals surface area contributed by atoms with Crippen molar-refractivity contribution in [3.8, 4) is 0 Å². The second kappa shape index (κ2) is 4.79. The molecule has 1 heterocycles. The topological polar surface area (TPSA) is 69.6 Å². The van der Waals surface area contributed by atoms with Gasteiger partial charge in [0.1, 0.15) is 0 Å². The molecule has 7 heteroatoms. The van der Waals surface area contributed by atoms with Gasteiger partial charge in [-0.2, -0.15) is 0 Å². The van der Waals surface area contributed by atoms with Crippen LogP contribution in [-0.2, 0) is 4.79 Å². The van der Waals surface area contributed by atoms with Crippen molar-refractivity contribution in [3.63, 3.8) is 0 Å². The van der Waals surface area contributed by atoms with E-state index in [1.807, 2.05) is 0 Å². The molecule has 1 fully saturated rings. The van der Waals surface area contributed by atoms with E-state index in [1.54, 1.807) is 0 Å². The lowest BCUT2D eigenvalue weighted by Crippen LogP contribution is -2.52. The summed E-state index contributed by atoms with van der Waals surface area (Å²) >= 11 is 0. The molecule has 0 aromatic heterocycles. The first-order valence-corrected chi connectivity index (χ1v) is 6.16. The standard InChI is InChI=1S/C12H16F2N2O3/c1-16-6-8(10(17)18)9(15-11(16)19)7-3-2-4-12(13,14)5-7/h6-7,9H,2-5H2,1H3,(H,15,19)(H,17,18). The Morgan fingerprint density at radius 3 is 2.84 bits per heavy atom. The number of carbonyl (C=O) groups excluding carboxylic acids is 1. The molecule has 1 saturated carbocycles. The van der Waals surface area contributed by atoms with Crippen molar-refractivity contribution in [2.45, 2.75) is 37.6 Å². The van der Waals surface area contributed by atoms with Crippen molar-refractivity contribution in [2.75, 3.05) is 7.05 Å². The molecule has 0 aromatic carbocycles. The molecular weight excluding hydrogens is 258 g/mol. The molecule has 2 atom stereocenters. The number of alkyl halides is 2. The van der Waals surface area contributed by atoms with Gasteiger partial charge in [0.05, 0.1) is 11.6 Å². The van der Waals surface area contributed by atoms with Crippen LogP contribution in [0.3, 0.4) is 0 Å². The van der Waals surface area contributed by atoms with Gasteiger partial charge in [0.25, 0.3) is 0 Å². The smallest absolute Gasteiger partial charge is 0.335 e. The summed E-state index contributed by atoms with van der Waals surface area (Å²) in [4.78, 5) is 23.9. The van der Waals surface area contributed by atoms with Crippen molar-refractivity contribution in [1.82, 2.24) is 10.2 Å². The zero-order chi connectivity index (χ0) is 14.2. The molecule has 2 rings (SSSR count). The molecule has 2 aliphatic rings. The highest BCUT2D eigenvalue weighted by Crippen LogP contribution is 2.39. The number of aliphatic carboxylic acids is 1. The number of hydrogen-bond acceptors (Lipinski definition) is 2. The number of urea groups is 1. The minimum Gasteiger partial charge on any atom is -0.478 e. The highest BCUT2D eigenvalue weighted by molar-refractivity contribution is 5.92. The largest absolute Gasteiger partial charge is 0.478 e. The molecule has 2 unspecified atom stereocenters. The van der Waals surface area contributed by atoms with Gasteiger partial charge in [-0.25, -0.2) is 18.4 Å². The predicted molar refractivity (Wildman–Crippen MR) is 62.7 cm³/mol. The monoisotopic (exact) mass is 274 g/mol. The van der Waals surface area contributed by atoms with Crippen molar-refractivity contribution >= 4 is 12.0 Å². The molecule has 1 aliphatic heterocycles. The number of carboxylic acids is 1. The first-order chi connectivity index (χ1) is 8.80. The van der Waals surface area contributed by atoms with E-state index in [2.05, 4.69) is 5.32 Å². The number of nitrogens with one attached hydrogen (secondary N) is 1. The molecule has 1 aliphatic carbocycles. The molecule has 0 bridgehead atoms. The van der Waals surface area contributed by atoms with Gasteiger partial charge >= 0.3 is 12.0 Å². The number of hydrogen-bond donors (Lipinski definition) is 2. The quantitative estimate of drug-likeness (QED) is 0.806. The van der Waals surface area contributed by atoms with Gasteiger partial charge < -0.3 is 15.3 Å². The lowest BCUT2D eigenvalue weighted by molar-refractivity contribution is -0.133. The second-order valence-electron chi connectivity index (χ2n) is 5.14. The average Bonchev–Trinajstić information content (AvgIpc) is 2.30. The predicted octanol–water partition coefficient (Wildman–Crippen LogP) is 1.80. The zero-order valence-corrected chi connectivity index (χ0v) is 10.5. The summed E-state index contributed by atoms with van der Waals surface area (Å²) in [5.41, 5.74) is -0.0372. The van der Waals surface area contributed by atoms with Crippen LogP contribution < -0.4 is 5.32 Å². The molecule has 2 amide bonds. The van der Waals surface area contributed by atoms with Crippen molar-refractivity contribution in [2.24, 2.45) is 5.92 Å². The highest BCUT2D eigenvalue weighted by Gasteiger charge is 2.43. The molecule has 19 heavy (non-hydrogen) atoms. The van der Waals surface area contributed by atoms with E-state index in [4.69, 9.17) is 5.11 Å². The van der Waals surface area contributed by atoms with Gasteiger partial charge in [-0.15, -0.1) is 0 Å². The number of nitrogens with zero attached hydrogens (tertiary/aromatic N) is 1. The maximum atomic E-state index is 13.4. The van der Waals surface area contributed by atoms with E-state index in [0.29, 0.717) is 12.8 Å². The van der Waals surface area contributed by atoms with Gasteiger partial charge in [-0.1, -0.05) is 0 Å². The lowest BCUT2D eigenvalue weighted by Gasteiger charge is -2.37. The Morgan fingerprint density at radius 1 is 1.58 bits per heavy atom. The fourth-order valence-corrected chi connectivity index (χ4v) is 2.72. The van der Waals surface area contributed by atoms with E-state index in [9.17, 15) is 18.4 Å². The van der Waals surface area contributed by atoms with E-state index >= 15 is 0 Å². The Hall–Kier alpha value is -1.66. The van der Waals surface area contributed by atoms with E-state index in [1.165, 1.54) is 13.2 Å². The van der Waals surface area contributed by atoms with Gasteiger partial charge in [-0.05, 0) is 18.8 Å². The van der Waals surface area contributed by atoms with Crippen LogP contribution in [-0.4, -0.2) is 41.0 Å². The maximum absolute atomic E-state index is 13.4. The van der Waals surface area contributed by atoms with Crippen LogP contribution in [0.2, 0.25) is 0 Å². The summed E-state index contributed by atoms with van der Waals surface area (Å²) < 4.78 is 26.8. The number of halogens is 2. The minimum atomic E-state index is -2.78. The second-order valence-corrected chi connectivity index (χ2v) is 5.14. The Morgan fingerprint density at radius 2 is 2.26 bits per heavy atom. The third-order valence-corrected chi connectivity index (χ3v) is 3.66. The normalized spacial score (nSPS) is 30.6. The van der Waals surface area contributed by atoms with Gasteiger partial charge in [-0.3, -0.25) is 0 Å². The summed E-state index contributed by atoms with van der Waals surface area (Å²) in [6.07, 6.45) is 1.49. The van der Waals surface area contributed by atoms with Crippen molar-refractivity contribution in [3.05, 3.63) is 11.8 Å². The van der Waals surface area contributed by atoms with Crippen LogP contribution in [0, 0.1) is 5.92 Å². The molecule has 106 valence electrons. The van der Waals surface area contributed by atoms with Crippen LogP contribution in [0.5, 0.6) is 0 Å². The lowest BCUT2D eigenvalue weighted by atomic mass is 9.79. The average molecular weight is 274 g/mol. The molecular formula is C12H16F2N2O3. The molecule has 0 aromatic rings. The van der Waals surface area contributed by atoms with E-state index in [0.717, 1.165) is 4.90 Å². The third kappa shape index (κ3) is 2.85. The summed E-state index contributed by atoms with van der Waals surface area (Å²) in [6.45, 7) is 0. The van der Waals surface area contributed by atoms with Crippen molar-refractivity contribution < 1.29 is 23.5 Å². The fourth-order valence-electron chi connectivity index (χ4n) is 2.72. The van der Waals surface area contributed by atoms with Crippen LogP contribution in [0.1, 0.15) is 25.7 Å². The Balaban J connectivity index is 2.24. The maximum Gasteiger partial charge on any atom is 0.335 e. The summed E-state index contributed by atoms with van der Waals surface area (Å²) in [5, 5.41) is 11.6. The Kier molecular flexibility index (Phi) is 3.47. The summed E-state index contributed by atoms with van der Waals surface area (Å²) in [7, 11) is 1.42. The Labute approximate surface area is 109 Å². The SMILES string of the molecule is CN1C=C(C(=O)O)C(C2CCCC(F)(F)C2)NC1=O.